The van der Waals surface area contributed by atoms with E-state index in [0.29, 0.717) is 28.0 Å². The second kappa shape index (κ2) is 6.52. The molecule has 0 spiro atoms. The van der Waals surface area contributed by atoms with Crippen molar-refractivity contribution in [2.45, 2.75) is 0 Å². The Morgan fingerprint density at radius 1 is 0.870 bits per heavy atom. The van der Waals surface area contributed by atoms with Gasteiger partial charge in [-0.05, 0) is 41.9 Å². The molecule has 0 N–H and O–H groups in total. The van der Waals surface area contributed by atoms with Crippen LogP contribution >= 0.6 is 23.2 Å². The van der Waals surface area contributed by atoms with Crippen LogP contribution in [0.1, 0.15) is 0 Å². The minimum absolute atomic E-state index is 0.0692. The molecule has 2 aromatic carbocycles. The van der Waals surface area contributed by atoms with E-state index in [4.69, 9.17) is 37.1 Å². The molecule has 0 unspecified atom stereocenters. The van der Waals surface area contributed by atoms with E-state index in [9.17, 15) is 0 Å². The molecule has 0 saturated heterocycles. The number of hydrogen-bond donors (Lipinski definition) is 0. The number of nitrogens with zero attached hydrogens (tertiary/aromatic N) is 1. The smallest absolute Gasteiger partial charge is 0.293 e. The SMILES string of the molecule is COc1ccc(-c2oc(Cl)nc2-c2ccc(Cl)cc2)cc1OC. The zero-order valence-electron chi connectivity index (χ0n) is 12.5. The van der Waals surface area contributed by atoms with Gasteiger partial charge in [0, 0.05) is 16.1 Å². The molecule has 0 bridgehead atoms. The van der Waals surface area contributed by atoms with E-state index in [2.05, 4.69) is 4.98 Å². The molecule has 0 atom stereocenters. The number of aromatic nitrogens is 1. The summed E-state index contributed by atoms with van der Waals surface area (Å²) in [7, 11) is 3.16. The van der Waals surface area contributed by atoms with Gasteiger partial charge in [0.15, 0.2) is 17.3 Å². The summed E-state index contributed by atoms with van der Waals surface area (Å²) < 4.78 is 16.2. The van der Waals surface area contributed by atoms with E-state index in [1.54, 1.807) is 32.4 Å². The minimum Gasteiger partial charge on any atom is -0.493 e. The van der Waals surface area contributed by atoms with E-state index >= 15 is 0 Å². The van der Waals surface area contributed by atoms with Crippen LogP contribution < -0.4 is 9.47 Å². The molecule has 0 fully saturated rings. The molecule has 3 aromatic rings. The van der Waals surface area contributed by atoms with Gasteiger partial charge in [-0.3, -0.25) is 0 Å². The number of ether oxygens (including phenoxy) is 2. The van der Waals surface area contributed by atoms with Crippen LogP contribution in [0.25, 0.3) is 22.6 Å². The summed E-state index contributed by atoms with van der Waals surface area (Å²) in [5.41, 5.74) is 2.28. The molecule has 6 heteroatoms. The Morgan fingerprint density at radius 2 is 1.52 bits per heavy atom. The first-order valence-corrected chi connectivity index (χ1v) is 7.52. The lowest BCUT2D eigenvalue weighted by molar-refractivity contribution is 0.355. The first-order chi connectivity index (χ1) is 11.1. The average molecular weight is 350 g/mol. The van der Waals surface area contributed by atoms with Gasteiger partial charge in [-0.1, -0.05) is 23.7 Å². The summed E-state index contributed by atoms with van der Waals surface area (Å²) in [5, 5.41) is 0.718. The second-order valence-corrected chi connectivity index (χ2v) is 5.48. The van der Waals surface area contributed by atoms with E-state index in [1.807, 2.05) is 24.3 Å². The highest BCUT2D eigenvalue weighted by atomic mass is 35.5. The van der Waals surface area contributed by atoms with Gasteiger partial charge in [0.2, 0.25) is 0 Å². The molecule has 0 amide bonds. The van der Waals surface area contributed by atoms with Gasteiger partial charge >= 0.3 is 0 Å². The second-order valence-electron chi connectivity index (χ2n) is 4.72. The normalized spacial score (nSPS) is 10.6. The van der Waals surface area contributed by atoms with Crippen molar-refractivity contribution >= 4 is 23.2 Å². The Labute approximate surface area is 143 Å². The van der Waals surface area contributed by atoms with Crippen molar-refractivity contribution in [3.63, 3.8) is 0 Å². The van der Waals surface area contributed by atoms with Crippen molar-refractivity contribution in [2.24, 2.45) is 0 Å². The summed E-state index contributed by atoms with van der Waals surface area (Å²) in [4.78, 5) is 4.27. The van der Waals surface area contributed by atoms with Crippen LogP contribution in [0.3, 0.4) is 0 Å². The van der Waals surface area contributed by atoms with Crippen molar-refractivity contribution in [1.29, 1.82) is 0 Å². The van der Waals surface area contributed by atoms with Crippen LogP contribution in [0.15, 0.2) is 46.9 Å². The number of rotatable bonds is 4. The van der Waals surface area contributed by atoms with Gasteiger partial charge in [0.25, 0.3) is 5.35 Å². The third-order valence-corrected chi connectivity index (χ3v) is 3.78. The van der Waals surface area contributed by atoms with Crippen molar-refractivity contribution in [3.8, 4) is 34.1 Å². The molecule has 1 aromatic heterocycles. The Bertz CT molecular complexity index is 828. The number of halogens is 2. The highest BCUT2D eigenvalue weighted by Crippen LogP contribution is 2.38. The van der Waals surface area contributed by atoms with Crippen LogP contribution in [0.2, 0.25) is 10.4 Å². The predicted molar refractivity (Wildman–Crippen MR) is 90.5 cm³/mol. The average Bonchev–Trinajstić information content (AvgIpc) is 2.96. The summed E-state index contributed by atoms with van der Waals surface area (Å²) in [6.07, 6.45) is 0. The summed E-state index contributed by atoms with van der Waals surface area (Å²) in [6, 6.07) is 12.8. The Hall–Kier alpha value is -2.17. The number of methoxy groups -OCH3 is 2. The molecule has 0 aliphatic rings. The van der Waals surface area contributed by atoms with Crippen molar-refractivity contribution in [3.05, 3.63) is 52.8 Å². The van der Waals surface area contributed by atoms with Crippen LogP contribution in [-0.2, 0) is 0 Å². The maximum Gasteiger partial charge on any atom is 0.293 e. The maximum absolute atomic E-state index is 5.97. The van der Waals surface area contributed by atoms with E-state index in [0.717, 1.165) is 11.1 Å². The fraction of sp³-hybridized carbons (Fsp3) is 0.118. The fourth-order valence-electron chi connectivity index (χ4n) is 2.27. The Balaban J connectivity index is 2.12. The highest BCUT2D eigenvalue weighted by molar-refractivity contribution is 6.30. The maximum atomic E-state index is 5.97. The van der Waals surface area contributed by atoms with Gasteiger partial charge in [-0.25, -0.2) is 0 Å². The molecule has 1 heterocycles. The zero-order chi connectivity index (χ0) is 16.4. The molecule has 0 aliphatic heterocycles. The summed E-state index contributed by atoms with van der Waals surface area (Å²) >= 11 is 11.9. The molecule has 0 saturated carbocycles. The monoisotopic (exact) mass is 349 g/mol. The largest absolute Gasteiger partial charge is 0.493 e. The highest BCUT2D eigenvalue weighted by Gasteiger charge is 2.18. The van der Waals surface area contributed by atoms with Crippen LogP contribution in [0.5, 0.6) is 11.5 Å². The standard InChI is InChI=1S/C17H13Cl2NO3/c1-21-13-8-5-11(9-14(13)22-2)16-15(20-17(19)23-16)10-3-6-12(18)7-4-10/h3-9H,1-2H3. The summed E-state index contributed by atoms with van der Waals surface area (Å²) in [5.74, 6) is 1.78. The van der Waals surface area contributed by atoms with E-state index in [1.165, 1.54) is 0 Å². The molecule has 4 nitrogen and oxygen atoms in total. The molecule has 0 radical (unpaired) electrons. The fourth-order valence-corrected chi connectivity index (χ4v) is 2.56. The number of oxazole rings is 1. The lowest BCUT2D eigenvalue weighted by Crippen LogP contribution is -1.91. The number of benzene rings is 2. The van der Waals surface area contributed by atoms with Gasteiger partial charge in [-0.15, -0.1) is 0 Å². The van der Waals surface area contributed by atoms with Crippen molar-refractivity contribution < 1.29 is 13.9 Å². The van der Waals surface area contributed by atoms with Crippen LogP contribution in [0.4, 0.5) is 0 Å². The first kappa shape index (κ1) is 15.7. The molecule has 0 aliphatic carbocycles. The van der Waals surface area contributed by atoms with E-state index in [-0.39, 0.29) is 5.35 Å². The Morgan fingerprint density at radius 3 is 2.17 bits per heavy atom. The van der Waals surface area contributed by atoms with Crippen molar-refractivity contribution in [2.75, 3.05) is 14.2 Å². The number of hydrogen-bond acceptors (Lipinski definition) is 4. The zero-order valence-corrected chi connectivity index (χ0v) is 14.0. The topological polar surface area (TPSA) is 44.5 Å². The van der Waals surface area contributed by atoms with Gasteiger partial charge in [-0.2, -0.15) is 4.98 Å². The molecule has 118 valence electrons. The molecular formula is C17H13Cl2NO3. The van der Waals surface area contributed by atoms with Crippen molar-refractivity contribution in [1.82, 2.24) is 4.98 Å². The van der Waals surface area contributed by atoms with Gasteiger partial charge in [0.05, 0.1) is 14.2 Å². The quantitative estimate of drug-likeness (QED) is 0.638. The minimum atomic E-state index is 0.0692. The van der Waals surface area contributed by atoms with Gasteiger partial charge in [0.1, 0.15) is 5.69 Å². The Kier molecular flexibility index (Phi) is 4.46. The molecule has 3 rings (SSSR count). The van der Waals surface area contributed by atoms with E-state index < -0.39 is 0 Å². The van der Waals surface area contributed by atoms with Crippen LogP contribution in [0, 0.1) is 0 Å². The first-order valence-electron chi connectivity index (χ1n) is 6.77. The van der Waals surface area contributed by atoms with Crippen LogP contribution in [-0.4, -0.2) is 19.2 Å². The van der Waals surface area contributed by atoms with Gasteiger partial charge < -0.3 is 13.9 Å². The molecular weight excluding hydrogens is 337 g/mol. The third-order valence-electron chi connectivity index (χ3n) is 3.36. The third kappa shape index (κ3) is 3.14. The predicted octanol–water partition coefficient (Wildman–Crippen LogP) is 5.33. The lowest BCUT2D eigenvalue weighted by Gasteiger charge is -2.09. The summed E-state index contributed by atoms with van der Waals surface area (Å²) in [6.45, 7) is 0. The lowest BCUT2D eigenvalue weighted by atomic mass is 10.1. The molecule has 23 heavy (non-hydrogen) atoms.